The lowest BCUT2D eigenvalue weighted by molar-refractivity contribution is -0.143. The van der Waals surface area contributed by atoms with E-state index in [1.54, 1.807) is 6.07 Å². The topological polar surface area (TPSA) is 98.9 Å². The Kier molecular flexibility index (Phi) is 8.64. The Morgan fingerprint density at radius 1 is 1.03 bits per heavy atom. The number of hydrogen-bond acceptors (Lipinski definition) is 6. The molecule has 1 unspecified atom stereocenters. The Morgan fingerprint density at radius 2 is 1.60 bits per heavy atom. The highest BCUT2D eigenvalue weighted by atomic mass is 28.4. The molecule has 0 aliphatic rings. The number of nitrogens with zero attached hydrogens (tertiary/aromatic N) is 1. The number of carboxylic acid groups (broad SMARTS) is 1. The van der Waals surface area contributed by atoms with Crippen LogP contribution in [0.15, 0.2) is 71.3 Å². The highest BCUT2D eigenvalue weighted by Gasteiger charge is 2.50. The summed E-state index contributed by atoms with van der Waals surface area (Å²) in [5.74, 6) is -1.38. The molecule has 0 spiro atoms. The van der Waals surface area contributed by atoms with Crippen molar-refractivity contribution in [2.75, 3.05) is 6.61 Å². The molecule has 0 aliphatic heterocycles. The van der Waals surface area contributed by atoms with E-state index in [1.165, 1.54) is 17.3 Å². The van der Waals surface area contributed by atoms with Crippen molar-refractivity contribution in [2.24, 2.45) is 0 Å². The Balaban J connectivity index is 1.88. The molecule has 0 bridgehead atoms. The third-order valence-electron chi connectivity index (χ3n) is 6.04. The highest BCUT2D eigenvalue weighted by molar-refractivity contribution is 6.99. The van der Waals surface area contributed by atoms with Crippen molar-refractivity contribution in [2.45, 2.75) is 58.1 Å². The molecule has 1 aromatic heterocycles. The second-order valence-corrected chi connectivity index (χ2v) is 13.9. The first-order chi connectivity index (χ1) is 16.6. The van der Waals surface area contributed by atoms with Crippen LogP contribution in [0, 0.1) is 0 Å². The van der Waals surface area contributed by atoms with Crippen molar-refractivity contribution in [3.05, 3.63) is 78.2 Å². The summed E-state index contributed by atoms with van der Waals surface area (Å²) in [4.78, 5) is 22.7. The molecule has 0 fully saturated rings. The molecule has 1 heterocycles. The number of carboxylic acids is 1. The van der Waals surface area contributed by atoms with Crippen molar-refractivity contribution >= 4 is 30.6 Å². The van der Waals surface area contributed by atoms with Gasteiger partial charge in [0.25, 0.3) is 8.32 Å². The van der Waals surface area contributed by atoms with E-state index in [0.29, 0.717) is 24.5 Å². The van der Waals surface area contributed by atoms with Gasteiger partial charge in [0.1, 0.15) is 0 Å². The SMILES string of the molecule is CC(=O)OCc1cc(C(CCO[Si](c2ccccc2)(c2ccccc2)C(C)(C)C)CC(=O)O)no1. The zero-order chi connectivity index (χ0) is 25.5. The molecule has 0 saturated heterocycles. The minimum atomic E-state index is -2.73. The number of ether oxygens (including phenoxy) is 1. The summed E-state index contributed by atoms with van der Waals surface area (Å²) in [7, 11) is -2.73. The van der Waals surface area contributed by atoms with E-state index in [-0.39, 0.29) is 18.1 Å². The van der Waals surface area contributed by atoms with Crippen LogP contribution in [-0.4, -0.2) is 37.1 Å². The highest BCUT2D eigenvalue weighted by Crippen LogP contribution is 2.37. The molecule has 2 aromatic carbocycles. The average Bonchev–Trinajstić information content (AvgIpc) is 3.29. The summed E-state index contributed by atoms with van der Waals surface area (Å²) in [5.41, 5.74) is 0.514. The molecule has 0 radical (unpaired) electrons. The van der Waals surface area contributed by atoms with E-state index in [9.17, 15) is 14.7 Å². The van der Waals surface area contributed by atoms with Gasteiger partial charge in [0.2, 0.25) is 0 Å². The van der Waals surface area contributed by atoms with Crippen LogP contribution in [0.3, 0.4) is 0 Å². The summed E-state index contributed by atoms with van der Waals surface area (Å²) in [5, 5.41) is 15.7. The predicted octanol–water partition coefficient (Wildman–Crippen LogP) is 4.26. The molecule has 1 N–H and O–H groups in total. The number of esters is 1. The lowest BCUT2D eigenvalue weighted by atomic mass is 9.98. The molecular weight excluding hydrogens is 462 g/mol. The zero-order valence-corrected chi connectivity index (χ0v) is 21.7. The van der Waals surface area contributed by atoms with Crippen LogP contribution in [0.4, 0.5) is 0 Å². The maximum atomic E-state index is 11.6. The molecule has 7 nitrogen and oxygen atoms in total. The van der Waals surface area contributed by atoms with Crippen molar-refractivity contribution < 1.29 is 28.4 Å². The van der Waals surface area contributed by atoms with Crippen LogP contribution in [-0.2, 0) is 25.4 Å². The average molecular weight is 496 g/mol. The zero-order valence-electron chi connectivity index (χ0n) is 20.7. The standard InChI is InChI=1S/C27H33NO6Si/c1-20(29)32-19-22-18-25(28-34-22)21(17-26(30)31)15-16-33-35(27(2,3)4,23-11-7-5-8-12-23)24-13-9-6-10-14-24/h5-14,18,21H,15-17,19H2,1-4H3,(H,30,31). The van der Waals surface area contributed by atoms with Gasteiger partial charge in [-0.2, -0.15) is 0 Å². The maximum Gasteiger partial charge on any atom is 0.304 e. The van der Waals surface area contributed by atoms with Gasteiger partial charge in [-0.1, -0.05) is 86.6 Å². The van der Waals surface area contributed by atoms with Crippen LogP contribution in [0.5, 0.6) is 0 Å². The number of carbonyl (C=O) groups is 2. The maximum absolute atomic E-state index is 11.6. The van der Waals surface area contributed by atoms with Gasteiger partial charge in [-0.05, 0) is 21.8 Å². The van der Waals surface area contributed by atoms with E-state index in [4.69, 9.17) is 13.7 Å². The smallest absolute Gasteiger partial charge is 0.304 e. The first-order valence-corrected chi connectivity index (χ1v) is 13.6. The number of hydrogen-bond donors (Lipinski definition) is 1. The summed E-state index contributed by atoms with van der Waals surface area (Å²) in [6, 6.07) is 22.3. The van der Waals surface area contributed by atoms with Crippen LogP contribution < -0.4 is 10.4 Å². The molecule has 3 aromatic rings. The van der Waals surface area contributed by atoms with Crippen molar-refractivity contribution in [1.82, 2.24) is 5.16 Å². The second-order valence-electron chi connectivity index (χ2n) is 9.59. The molecule has 0 saturated carbocycles. The van der Waals surface area contributed by atoms with E-state index in [0.717, 1.165) is 0 Å². The van der Waals surface area contributed by atoms with Crippen LogP contribution in [0.25, 0.3) is 0 Å². The summed E-state index contributed by atoms with van der Waals surface area (Å²) < 4.78 is 17.1. The molecule has 1 atom stereocenters. The molecular formula is C27H33NO6Si. The number of aliphatic carboxylic acids is 1. The monoisotopic (exact) mass is 495 g/mol. The van der Waals surface area contributed by atoms with Gasteiger partial charge in [0.15, 0.2) is 12.4 Å². The van der Waals surface area contributed by atoms with Crippen molar-refractivity contribution in [3.63, 3.8) is 0 Å². The number of carbonyl (C=O) groups excluding carboxylic acids is 1. The third kappa shape index (κ3) is 6.46. The summed E-state index contributed by atoms with van der Waals surface area (Å²) in [6.45, 7) is 8.23. The lowest BCUT2D eigenvalue weighted by Crippen LogP contribution is -2.66. The van der Waals surface area contributed by atoms with E-state index in [2.05, 4.69) is 50.2 Å². The molecule has 0 amide bonds. The van der Waals surface area contributed by atoms with Crippen molar-refractivity contribution in [3.8, 4) is 0 Å². The van der Waals surface area contributed by atoms with Crippen LogP contribution >= 0.6 is 0 Å². The second kappa shape index (κ2) is 11.5. The molecule has 186 valence electrons. The molecule has 3 rings (SSSR count). The number of benzene rings is 2. The minimum Gasteiger partial charge on any atom is -0.481 e. The Morgan fingerprint density at radius 3 is 2.09 bits per heavy atom. The normalized spacial score (nSPS) is 12.8. The Hall–Kier alpha value is -3.23. The van der Waals surface area contributed by atoms with Crippen LogP contribution in [0.1, 0.15) is 57.9 Å². The van der Waals surface area contributed by atoms with Gasteiger partial charge in [-0.15, -0.1) is 0 Å². The fourth-order valence-electron chi connectivity index (χ4n) is 4.44. The molecule has 35 heavy (non-hydrogen) atoms. The van der Waals surface area contributed by atoms with E-state index < -0.39 is 26.2 Å². The summed E-state index contributed by atoms with van der Waals surface area (Å²) >= 11 is 0. The largest absolute Gasteiger partial charge is 0.481 e. The van der Waals surface area contributed by atoms with Crippen LogP contribution in [0.2, 0.25) is 5.04 Å². The predicted molar refractivity (Wildman–Crippen MR) is 135 cm³/mol. The van der Waals surface area contributed by atoms with Crippen molar-refractivity contribution in [1.29, 1.82) is 0 Å². The fraction of sp³-hybridized carbons (Fsp3) is 0.370. The number of rotatable bonds is 11. The minimum absolute atomic E-state index is 0.0410. The first kappa shape index (κ1) is 26.4. The van der Waals surface area contributed by atoms with Gasteiger partial charge >= 0.3 is 11.9 Å². The van der Waals surface area contributed by atoms with Gasteiger partial charge in [0, 0.05) is 25.5 Å². The number of aromatic nitrogens is 1. The van der Waals surface area contributed by atoms with E-state index >= 15 is 0 Å². The summed E-state index contributed by atoms with van der Waals surface area (Å²) in [6.07, 6.45) is 0.347. The lowest BCUT2D eigenvalue weighted by Gasteiger charge is -2.43. The van der Waals surface area contributed by atoms with Gasteiger partial charge in [-0.3, -0.25) is 9.59 Å². The first-order valence-electron chi connectivity index (χ1n) is 11.7. The third-order valence-corrected chi connectivity index (χ3v) is 11.1. The molecule has 0 aliphatic carbocycles. The fourth-order valence-corrected chi connectivity index (χ4v) is 9.02. The molecule has 8 heteroatoms. The Labute approximate surface area is 207 Å². The quantitative estimate of drug-likeness (QED) is 0.313. The van der Waals surface area contributed by atoms with Gasteiger partial charge in [-0.25, -0.2) is 0 Å². The van der Waals surface area contributed by atoms with E-state index in [1.807, 2.05) is 36.4 Å². The van der Waals surface area contributed by atoms with Gasteiger partial charge in [0.05, 0.1) is 12.1 Å². The Bertz CT molecular complexity index is 1070. The van der Waals surface area contributed by atoms with Gasteiger partial charge < -0.3 is 18.8 Å².